The molecule has 2 heterocycles. The molecule has 0 saturated carbocycles. The number of pyridine rings is 1. The zero-order chi connectivity index (χ0) is 19.2. The molecule has 0 atom stereocenters. The molecular weight excluding hydrogens is 535 g/mol. The number of rotatable bonds is 2. The van der Waals surface area contributed by atoms with Crippen molar-refractivity contribution in [2.75, 3.05) is 11.9 Å². The van der Waals surface area contributed by atoms with Crippen molar-refractivity contribution < 1.29 is 20.1 Å². The fourth-order valence-corrected chi connectivity index (χ4v) is 2.92. The summed E-state index contributed by atoms with van der Waals surface area (Å²) in [5.74, 6) is 0. The molecule has 0 unspecified atom stereocenters. The van der Waals surface area contributed by atoms with Crippen molar-refractivity contribution in [2.45, 2.75) is 0 Å². The molecule has 4 heteroatoms. The Bertz CT molecular complexity index is 1060. The third kappa shape index (κ3) is 5.32. The number of hydrogen-bond acceptors (Lipinski definition) is 3. The minimum absolute atomic E-state index is 0. The third-order valence-electron chi connectivity index (χ3n) is 4.36. The van der Waals surface area contributed by atoms with Gasteiger partial charge in [0.15, 0.2) is 0 Å². The van der Waals surface area contributed by atoms with Crippen molar-refractivity contribution in [1.29, 1.82) is 0 Å². The maximum atomic E-state index is 4.45. The molecule has 0 N–H and O–H groups in total. The average Bonchev–Trinajstić information content (AvgIpc) is 3.21. The van der Waals surface area contributed by atoms with Gasteiger partial charge >= 0.3 is 20.1 Å². The monoisotopic (exact) mass is 555 g/mol. The molecule has 144 valence electrons. The smallest absolute Gasteiger partial charge is 0.510 e. The molecule has 0 spiro atoms. The summed E-state index contributed by atoms with van der Waals surface area (Å²) in [5, 5.41) is 2.38. The summed E-state index contributed by atoms with van der Waals surface area (Å²) in [6.07, 6.45) is 5.91. The first-order valence-corrected chi connectivity index (χ1v) is 9.12. The molecule has 3 aromatic carbocycles. The van der Waals surface area contributed by atoms with Gasteiger partial charge in [-0.1, -0.05) is 30.3 Å². The van der Waals surface area contributed by atoms with Crippen LogP contribution in [0.25, 0.3) is 22.0 Å². The maximum absolute atomic E-state index is 4.45. The van der Waals surface area contributed by atoms with E-state index in [9.17, 15) is 0 Å². The van der Waals surface area contributed by atoms with Crippen molar-refractivity contribution in [3.8, 4) is 11.3 Å². The van der Waals surface area contributed by atoms with Crippen LogP contribution in [0.4, 0.5) is 5.69 Å². The molecule has 4 aromatic rings. The largest absolute Gasteiger partial charge is 3.00 e. The Morgan fingerprint density at radius 1 is 0.828 bits per heavy atom. The molecule has 0 radical (unpaired) electrons. The molecule has 0 aliphatic carbocycles. The Labute approximate surface area is 185 Å². The van der Waals surface area contributed by atoms with Gasteiger partial charge in [-0.15, -0.1) is 41.6 Å². The van der Waals surface area contributed by atoms with Crippen molar-refractivity contribution in [2.24, 2.45) is 0 Å². The summed E-state index contributed by atoms with van der Waals surface area (Å²) in [6, 6.07) is 32.5. The number of hydrogen-bond donors (Lipinski definition) is 0. The first-order chi connectivity index (χ1) is 13.8. The zero-order valence-corrected chi connectivity index (χ0v) is 18.4. The number of anilines is 1. The molecule has 0 saturated heterocycles. The predicted octanol–water partition coefficient (Wildman–Crippen LogP) is 5.53. The van der Waals surface area contributed by atoms with Crippen LogP contribution in [0, 0.1) is 18.8 Å². The van der Waals surface area contributed by atoms with Crippen LogP contribution in [0.15, 0.2) is 97.5 Å². The Kier molecular flexibility index (Phi) is 7.18. The summed E-state index contributed by atoms with van der Waals surface area (Å²) in [6.45, 7) is 2.01. The van der Waals surface area contributed by atoms with Gasteiger partial charge in [-0.25, -0.2) is 0 Å². The van der Waals surface area contributed by atoms with Crippen LogP contribution in [-0.4, -0.2) is 16.9 Å². The van der Waals surface area contributed by atoms with E-state index in [-0.39, 0.29) is 20.1 Å². The fourth-order valence-electron chi connectivity index (χ4n) is 2.92. The van der Waals surface area contributed by atoms with E-state index in [0.717, 1.165) is 16.9 Å². The topological polar surface area (TPSA) is 19.4 Å². The zero-order valence-electron chi connectivity index (χ0n) is 16.0. The van der Waals surface area contributed by atoms with Crippen LogP contribution in [0.5, 0.6) is 0 Å². The molecule has 0 fully saturated rings. The van der Waals surface area contributed by atoms with Gasteiger partial charge in [-0.05, 0) is 35.9 Å². The number of fused-ring (bicyclic) bond motifs is 1. The molecule has 1 aromatic heterocycles. The van der Waals surface area contributed by atoms with E-state index in [0.29, 0.717) is 0 Å². The van der Waals surface area contributed by atoms with Gasteiger partial charge in [0.25, 0.3) is 0 Å². The van der Waals surface area contributed by atoms with Gasteiger partial charge in [0, 0.05) is 6.20 Å². The van der Waals surface area contributed by atoms with Gasteiger partial charge in [0.05, 0.1) is 0 Å². The number of benzene rings is 3. The first kappa shape index (κ1) is 20.8. The molecule has 29 heavy (non-hydrogen) atoms. The van der Waals surface area contributed by atoms with Crippen molar-refractivity contribution in [1.82, 2.24) is 9.88 Å². The van der Waals surface area contributed by atoms with E-state index in [1.807, 2.05) is 103 Å². The Balaban J connectivity index is 0.000000167. The SMILES string of the molecule is CN1C=CN(c2[c-]cccc2)[CH-]1.[Ir+3].[c-]1ccccc1-c1cc2ccccc2cn1. The predicted molar refractivity (Wildman–Crippen MR) is 115 cm³/mol. The average molecular weight is 555 g/mol. The second kappa shape index (κ2) is 10.0. The third-order valence-corrected chi connectivity index (χ3v) is 4.36. The van der Waals surface area contributed by atoms with Crippen LogP contribution < -0.4 is 4.90 Å². The van der Waals surface area contributed by atoms with Gasteiger partial charge in [0.2, 0.25) is 0 Å². The quantitative estimate of drug-likeness (QED) is 0.304. The number of nitrogens with zero attached hydrogens (tertiary/aromatic N) is 3. The normalized spacial score (nSPS) is 12.3. The van der Waals surface area contributed by atoms with E-state index in [4.69, 9.17) is 0 Å². The second-order valence-corrected chi connectivity index (χ2v) is 6.43. The van der Waals surface area contributed by atoms with Gasteiger partial charge in [-0.2, -0.15) is 37.0 Å². The maximum Gasteiger partial charge on any atom is 3.00 e. The van der Waals surface area contributed by atoms with Crippen LogP contribution in [-0.2, 0) is 20.1 Å². The van der Waals surface area contributed by atoms with E-state index < -0.39 is 0 Å². The van der Waals surface area contributed by atoms with Gasteiger partial charge < -0.3 is 14.8 Å². The van der Waals surface area contributed by atoms with Gasteiger partial charge in [0.1, 0.15) is 0 Å². The Morgan fingerprint density at radius 3 is 2.21 bits per heavy atom. The van der Waals surface area contributed by atoms with Crippen LogP contribution in [0.3, 0.4) is 0 Å². The molecule has 3 nitrogen and oxygen atoms in total. The molecule has 0 bridgehead atoms. The molecule has 0 amide bonds. The van der Waals surface area contributed by atoms with Crippen molar-refractivity contribution in [3.05, 3.63) is 116 Å². The van der Waals surface area contributed by atoms with E-state index in [1.54, 1.807) is 0 Å². The molecule has 5 rings (SSSR count). The van der Waals surface area contributed by atoms with Gasteiger partial charge in [-0.3, -0.25) is 0 Å². The minimum Gasteiger partial charge on any atom is -0.510 e. The summed E-state index contributed by atoms with van der Waals surface area (Å²) in [7, 11) is 2.00. The van der Waals surface area contributed by atoms with Crippen LogP contribution in [0.2, 0.25) is 0 Å². The standard InChI is InChI=1S/C15H10N.C10H10N2.Ir/c1-2-6-12(7-3-1)15-10-13-8-4-5-9-14(13)11-16-15;1-11-7-8-12(9-11)10-5-3-2-4-6-10;/h1-6,8-11H;2-5,7-9H,1H3;/q-1;-2;+3. The van der Waals surface area contributed by atoms with Crippen LogP contribution >= 0.6 is 0 Å². The minimum atomic E-state index is 0. The van der Waals surface area contributed by atoms with Crippen molar-refractivity contribution >= 4 is 16.5 Å². The molecule has 1 aliphatic rings. The molecular formula is C25H20IrN3. The van der Waals surface area contributed by atoms with E-state index in [1.165, 1.54) is 10.8 Å². The number of para-hydroxylation sites is 1. The van der Waals surface area contributed by atoms with E-state index >= 15 is 0 Å². The number of aromatic nitrogens is 1. The first-order valence-electron chi connectivity index (χ1n) is 9.12. The second-order valence-electron chi connectivity index (χ2n) is 6.43. The summed E-state index contributed by atoms with van der Waals surface area (Å²) < 4.78 is 0. The molecule has 1 aliphatic heterocycles. The Hall–Kier alpha value is -2.94. The summed E-state index contributed by atoms with van der Waals surface area (Å²) >= 11 is 0. The van der Waals surface area contributed by atoms with Crippen LogP contribution in [0.1, 0.15) is 0 Å². The Morgan fingerprint density at radius 2 is 1.55 bits per heavy atom. The van der Waals surface area contributed by atoms with Crippen molar-refractivity contribution in [3.63, 3.8) is 0 Å². The fraction of sp³-hybridized carbons (Fsp3) is 0.0400. The van der Waals surface area contributed by atoms with E-state index in [2.05, 4.69) is 35.3 Å². The summed E-state index contributed by atoms with van der Waals surface area (Å²) in [4.78, 5) is 8.47. The summed E-state index contributed by atoms with van der Waals surface area (Å²) in [5.41, 5.74) is 3.07.